The third kappa shape index (κ3) is 4.07. The predicted molar refractivity (Wildman–Crippen MR) is 119 cm³/mol. The standard InChI is InChI=1S/C23H20FN3O2S/c1-2-27-22(29)20(14-21(28)25-19-12-6-5-11-17(19)24)30-23(27)26-18-13-7-9-15-8-3-4-10-16(15)18/h3-13,20H,2,14H2,1H3,(H,25,28). The summed E-state index contributed by atoms with van der Waals surface area (Å²) < 4.78 is 13.8. The molecule has 1 N–H and O–H groups in total. The van der Waals surface area contributed by atoms with Gasteiger partial charge in [-0.3, -0.25) is 14.5 Å². The number of nitrogens with zero attached hydrogens (tertiary/aromatic N) is 2. The second kappa shape index (κ2) is 8.67. The van der Waals surface area contributed by atoms with Crippen molar-refractivity contribution in [1.82, 2.24) is 4.90 Å². The zero-order valence-electron chi connectivity index (χ0n) is 16.3. The Morgan fingerprint density at radius 1 is 1.10 bits per heavy atom. The second-order valence-corrected chi connectivity index (χ2v) is 7.98. The van der Waals surface area contributed by atoms with Gasteiger partial charge in [0.15, 0.2) is 5.17 Å². The van der Waals surface area contributed by atoms with Crippen LogP contribution in [-0.4, -0.2) is 33.7 Å². The molecule has 0 bridgehead atoms. The van der Waals surface area contributed by atoms with E-state index in [-0.39, 0.29) is 18.0 Å². The van der Waals surface area contributed by atoms with E-state index in [0.29, 0.717) is 11.7 Å². The Balaban J connectivity index is 1.55. The van der Waals surface area contributed by atoms with Gasteiger partial charge in [0, 0.05) is 18.4 Å². The second-order valence-electron chi connectivity index (χ2n) is 6.81. The van der Waals surface area contributed by atoms with Crippen molar-refractivity contribution in [2.45, 2.75) is 18.6 Å². The average molecular weight is 421 g/mol. The summed E-state index contributed by atoms with van der Waals surface area (Å²) in [4.78, 5) is 31.6. The fraction of sp³-hybridized carbons (Fsp3) is 0.174. The molecule has 1 atom stereocenters. The lowest BCUT2D eigenvalue weighted by atomic mass is 10.1. The summed E-state index contributed by atoms with van der Waals surface area (Å²) in [5, 5.41) is 4.59. The van der Waals surface area contributed by atoms with Crippen LogP contribution in [0.25, 0.3) is 10.8 Å². The highest BCUT2D eigenvalue weighted by Crippen LogP contribution is 2.34. The molecular weight excluding hydrogens is 401 g/mol. The van der Waals surface area contributed by atoms with Gasteiger partial charge < -0.3 is 5.32 Å². The van der Waals surface area contributed by atoms with Gasteiger partial charge in [-0.25, -0.2) is 9.38 Å². The van der Waals surface area contributed by atoms with Crippen LogP contribution in [0.1, 0.15) is 13.3 Å². The van der Waals surface area contributed by atoms with E-state index in [9.17, 15) is 14.0 Å². The smallest absolute Gasteiger partial charge is 0.242 e. The Hall–Kier alpha value is -3.19. The van der Waals surface area contributed by atoms with Crippen molar-refractivity contribution >= 4 is 50.9 Å². The van der Waals surface area contributed by atoms with Crippen LogP contribution < -0.4 is 5.32 Å². The molecule has 7 heteroatoms. The number of carbonyl (C=O) groups excluding carboxylic acids is 2. The van der Waals surface area contributed by atoms with Gasteiger partial charge in [0.2, 0.25) is 11.8 Å². The summed E-state index contributed by atoms with van der Waals surface area (Å²) in [5.74, 6) is -1.08. The number of thioether (sulfide) groups is 1. The monoisotopic (exact) mass is 421 g/mol. The van der Waals surface area contributed by atoms with Crippen molar-refractivity contribution in [2.75, 3.05) is 11.9 Å². The number of nitrogens with one attached hydrogen (secondary N) is 1. The van der Waals surface area contributed by atoms with Crippen LogP contribution in [0.15, 0.2) is 71.7 Å². The summed E-state index contributed by atoms with van der Waals surface area (Å²) in [7, 11) is 0. The molecule has 30 heavy (non-hydrogen) atoms. The number of anilines is 1. The number of rotatable bonds is 5. The molecule has 0 spiro atoms. The lowest BCUT2D eigenvalue weighted by Crippen LogP contribution is -2.33. The van der Waals surface area contributed by atoms with Crippen molar-refractivity contribution in [3.63, 3.8) is 0 Å². The third-order valence-electron chi connectivity index (χ3n) is 4.84. The fourth-order valence-corrected chi connectivity index (χ4v) is 4.57. The number of hydrogen-bond acceptors (Lipinski definition) is 4. The molecule has 152 valence electrons. The topological polar surface area (TPSA) is 61.8 Å². The van der Waals surface area contributed by atoms with Crippen LogP contribution in [0.4, 0.5) is 15.8 Å². The Bertz CT molecular complexity index is 1140. The molecule has 1 heterocycles. The highest BCUT2D eigenvalue weighted by atomic mass is 32.2. The van der Waals surface area contributed by atoms with Crippen molar-refractivity contribution < 1.29 is 14.0 Å². The molecule has 2 amide bonds. The first-order valence-electron chi connectivity index (χ1n) is 9.65. The van der Waals surface area contributed by atoms with Crippen LogP contribution in [0.3, 0.4) is 0 Å². The lowest BCUT2D eigenvalue weighted by molar-refractivity contribution is -0.128. The van der Waals surface area contributed by atoms with E-state index < -0.39 is 17.0 Å². The molecule has 1 aliphatic heterocycles. The van der Waals surface area contributed by atoms with Crippen LogP contribution in [0.5, 0.6) is 0 Å². The first-order chi connectivity index (χ1) is 14.6. The van der Waals surface area contributed by atoms with E-state index in [1.807, 2.05) is 49.4 Å². The van der Waals surface area contributed by atoms with E-state index in [1.165, 1.54) is 23.9 Å². The predicted octanol–water partition coefficient (Wildman–Crippen LogP) is 4.96. The number of halogens is 1. The van der Waals surface area contributed by atoms with Gasteiger partial charge in [-0.05, 0) is 30.5 Å². The van der Waals surface area contributed by atoms with Gasteiger partial charge in [0.25, 0.3) is 0 Å². The van der Waals surface area contributed by atoms with Gasteiger partial charge in [-0.2, -0.15) is 0 Å². The van der Waals surface area contributed by atoms with E-state index in [2.05, 4.69) is 5.32 Å². The molecule has 0 radical (unpaired) electrons. The van der Waals surface area contributed by atoms with Crippen molar-refractivity contribution in [2.24, 2.45) is 4.99 Å². The highest BCUT2D eigenvalue weighted by molar-refractivity contribution is 8.15. The molecule has 0 aromatic heterocycles. The zero-order chi connectivity index (χ0) is 21.1. The number of carbonyl (C=O) groups is 2. The van der Waals surface area contributed by atoms with Gasteiger partial charge in [0.1, 0.15) is 11.1 Å². The Morgan fingerprint density at radius 2 is 1.83 bits per heavy atom. The quantitative estimate of drug-likeness (QED) is 0.633. The molecule has 4 rings (SSSR count). The average Bonchev–Trinajstić information content (AvgIpc) is 3.04. The molecule has 3 aromatic rings. The van der Waals surface area contributed by atoms with E-state index >= 15 is 0 Å². The van der Waals surface area contributed by atoms with Gasteiger partial charge in [0.05, 0.1) is 11.4 Å². The molecule has 1 saturated heterocycles. The molecule has 1 unspecified atom stereocenters. The van der Waals surface area contributed by atoms with Crippen LogP contribution in [0.2, 0.25) is 0 Å². The molecule has 5 nitrogen and oxygen atoms in total. The largest absolute Gasteiger partial charge is 0.324 e. The summed E-state index contributed by atoms with van der Waals surface area (Å²) in [6.07, 6.45) is -0.0527. The molecule has 0 saturated carbocycles. The molecule has 0 aliphatic carbocycles. The van der Waals surface area contributed by atoms with Crippen molar-refractivity contribution in [1.29, 1.82) is 0 Å². The summed E-state index contributed by atoms with van der Waals surface area (Å²) in [6.45, 7) is 2.33. The number of aliphatic imine (C=N–C) groups is 1. The minimum absolute atomic E-state index is 0.0527. The maximum Gasteiger partial charge on any atom is 0.242 e. The summed E-state index contributed by atoms with van der Waals surface area (Å²) in [5.41, 5.74) is 0.883. The number of amidine groups is 1. The number of fused-ring (bicyclic) bond motifs is 1. The van der Waals surface area contributed by atoms with Crippen LogP contribution in [0, 0.1) is 5.82 Å². The maximum absolute atomic E-state index is 13.8. The van der Waals surface area contributed by atoms with Gasteiger partial charge in [-0.1, -0.05) is 60.3 Å². The number of para-hydroxylation sites is 1. The third-order valence-corrected chi connectivity index (χ3v) is 6.01. The van der Waals surface area contributed by atoms with E-state index in [4.69, 9.17) is 4.99 Å². The highest BCUT2D eigenvalue weighted by Gasteiger charge is 2.38. The molecule has 1 aliphatic rings. The normalized spacial score (nSPS) is 17.7. The number of benzene rings is 3. The van der Waals surface area contributed by atoms with Gasteiger partial charge >= 0.3 is 0 Å². The summed E-state index contributed by atoms with van der Waals surface area (Å²) >= 11 is 1.27. The lowest BCUT2D eigenvalue weighted by Gasteiger charge is -2.13. The number of amides is 2. The minimum atomic E-state index is -0.592. The first kappa shape index (κ1) is 20.1. The van der Waals surface area contributed by atoms with Gasteiger partial charge in [-0.15, -0.1) is 0 Å². The van der Waals surface area contributed by atoms with E-state index in [0.717, 1.165) is 16.5 Å². The molecule has 3 aromatic carbocycles. The Kier molecular flexibility index (Phi) is 5.81. The Labute approximate surface area is 178 Å². The molecule has 1 fully saturated rings. The first-order valence-corrected chi connectivity index (χ1v) is 10.5. The summed E-state index contributed by atoms with van der Waals surface area (Å²) in [6, 6.07) is 19.7. The maximum atomic E-state index is 13.8. The zero-order valence-corrected chi connectivity index (χ0v) is 17.2. The minimum Gasteiger partial charge on any atom is -0.324 e. The fourth-order valence-electron chi connectivity index (χ4n) is 3.36. The number of hydrogen-bond donors (Lipinski definition) is 1. The van der Waals surface area contributed by atoms with E-state index in [1.54, 1.807) is 17.0 Å². The molecular formula is C23H20FN3O2S. The van der Waals surface area contributed by atoms with Crippen molar-refractivity contribution in [3.8, 4) is 0 Å². The Morgan fingerprint density at radius 3 is 2.63 bits per heavy atom. The van der Waals surface area contributed by atoms with Crippen LogP contribution >= 0.6 is 11.8 Å². The van der Waals surface area contributed by atoms with Crippen LogP contribution in [-0.2, 0) is 9.59 Å². The SMILES string of the molecule is CCN1C(=O)C(CC(=O)Nc2ccccc2F)SC1=Nc1cccc2ccccc12. The van der Waals surface area contributed by atoms with Crippen molar-refractivity contribution in [3.05, 3.63) is 72.5 Å².